The van der Waals surface area contributed by atoms with Gasteiger partial charge in [0.05, 0.1) is 17.4 Å². The first-order valence-corrected chi connectivity index (χ1v) is 10.5. The van der Waals surface area contributed by atoms with E-state index in [-0.39, 0.29) is 18.6 Å². The number of hydrogen-bond acceptors (Lipinski definition) is 5. The van der Waals surface area contributed by atoms with Crippen molar-refractivity contribution >= 4 is 11.6 Å². The van der Waals surface area contributed by atoms with E-state index in [4.69, 9.17) is 9.47 Å². The highest BCUT2D eigenvalue weighted by Crippen LogP contribution is 2.20. The summed E-state index contributed by atoms with van der Waals surface area (Å²) in [5, 5.41) is 2.92. The fourth-order valence-electron chi connectivity index (χ4n) is 3.31. The van der Waals surface area contributed by atoms with Gasteiger partial charge in [0.25, 0.3) is 5.91 Å². The molecule has 0 fully saturated rings. The van der Waals surface area contributed by atoms with E-state index in [1.165, 1.54) is 0 Å². The van der Waals surface area contributed by atoms with Crippen LogP contribution in [-0.4, -0.2) is 26.4 Å². The number of nitrogens with one attached hydrogen (secondary N) is 1. The van der Waals surface area contributed by atoms with Crippen LogP contribution >= 0.6 is 0 Å². The second-order valence-electron chi connectivity index (χ2n) is 7.79. The highest BCUT2D eigenvalue weighted by Gasteiger charge is 2.13. The van der Waals surface area contributed by atoms with Gasteiger partial charge in [-0.3, -0.25) is 4.79 Å². The van der Waals surface area contributed by atoms with Crippen LogP contribution in [0.15, 0.2) is 67.1 Å². The van der Waals surface area contributed by atoms with Crippen LogP contribution in [0.1, 0.15) is 41.0 Å². The highest BCUT2D eigenvalue weighted by molar-refractivity contribution is 5.96. The van der Waals surface area contributed by atoms with Crippen molar-refractivity contribution in [3.05, 3.63) is 89.5 Å². The second-order valence-corrected chi connectivity index (χ2v) is 7.79. The Balaban J connectivity index is 1.39. The Labute approximate surface area is 187 Å². The van der Waals surface area contributed by atoms with Gasteiger partial charge < -0.3 is 19.2 Å². The molecule has 4 aromatic rings. The standard InChI is InChI=1S/C25H26N4O3/c1-17(2)32-23-11-10-19(13-26-23)14-27-25(30)21-8-4-5-9-22(21)31-16-20-15-29-12-6-7-18(3)24(29)28-20/h4-13,15,17H,14,16H2,1-3H3,(H,27,30). The molecule has 0 radical (unpaired) electrons. The number of pyridine rings is 2. The normalized spacial score (nSPS) is 11.0. The summed E-state index contributed by atoms with van der Waals surface area (Å²) < 4.78 is 13.5. The van der Waals surface area contributed by atoms with Gasteiger partial charge in [-0.05, 0) is 50.1 Å². The molecule has 32 heavy (non-hydrogen) atoms. The van der Waals surface area contributed by atoms with Crippen molar-refractivity contribution < 1.29 is 14.3 Å². The van der Waals surface area contributed by atoms with Crippen LogP contribution in [0, 0.1) is 6.92 Å². The van der Waals surface area contributed by atoms with Crippen molar-refractivity contribution in [1.82, 2.24) is 19.7 Å². The smallest absolute Gasteiger partial charge is 0.255 e. The first kappa shape index (κ1) is 21.4. The van der Waals surface area contributed by atoms with Gasteiger partial charge in [-0.25, -0.2) is 9.97 Å². The molecule has 1 amide bonds. The van der Waals surface area contributed by atoms with Crippen LogP contribution in [0.3, 0.4) is 0 Å². The number of carbonyl (C=O) groups is 1. The molecule has 0 aliphatic heterocycles. The molecule has 1 aromatic carbocycles. The number of aromatic nitrogens is 3. The van der Waals surface area contributed by atoms with E-state index < -0.39 is 0 Å². The van der Waals surface area contributed by atoms with Gasteiger partial charge in [-0.2, -0.15) is 0 Å². The molecule has 3 aromatic heterocycles. The van der Waals surface area contributed by atoms with Crippen molar-refractivity contribution in [3.8, 4) is 11.6 Å². The van der Waals surface area contributed by atoms with Gasteiger partial charge in [0.15, 0.2) is 0 Å². The minimum absolute atomic E-state index is 0.0640. The third-order valence-corrected chi connectivity index (χ3v) is 4.84. The molecule has 0 bridgehead atoms. The molecular formula is C25H26N4O3. The molecule has 0 saturated heterocycles. The number of fused-ring (bicyclic) bond motifs is 1. The number of rotatable bonds is 8. The molecule has 0 saturated carbocycles. The minimum atomic E-state index is -0.214. The number of amides is 1. The predicted octanol–water partition coefficient (Wildman–Crippen LogP) is 4.33. The Morgan fingerprint density at radius 1 is 1.12 bits per heavy atom. The summed E-state index contributed by atoms with van der Waals surface area (Å²) in [6, 6.07) is 14.9. The van der Waals surface area contributed by atoms with E-state index in [9.17, 15) is 4.79 Å². The number of nitrogens with zero attached hydrogens (tertiary/aromatic N) is 3. The summed E-state index contributed by atoms with van der Waals surface area (Å²) in [5.41, 5.74) is 4.14. The zero-order valence-corrected chi connectivity index (χ0v) is 18.4. The quantitative estimate of drug-likeness (QED) is 0.450. The largest absolute Gasteiger partial charge is 0.486 e. The van der Waals surface area contributed by atoms with E-state index in [0.717, 1.165) is 22.5 Å². The molecule has 0 aliphatic carbocycles. The molecule has 0 atom stereocenters. The first-order chi connectivity index (χ1) is 15.5. The maximum atomic E-state index is 12.8. The van der Waals surface area contributed by atoms with Crippen molar-refractivity contribution in [1.29, 1.82) is 0 Å². The fraction of sp³-hybridized carbons (Fsp3) is 0.240. The molecule has 0 aliphatic rings. The maximum Gasteiger partial charge on any atom is 0.255 e. The highest BCUT2D eigenvalue weighted by atomic mass is 16.5. The molecule has 4 rings (SSSR count). The average Bonchev–Trinajstić information content (AvgIpc) is 3.21. The number of hydrogen-bond donors (Lipinski definition) is 1. The van der Waals surface area contributed by atoms with Gasteiger partial charge in [0.1, 0.15) is 18.0 Å². The maximum absolute atomic E-state index is 12.8. The number of carbonyl (C=O) groups excluding carboxylic acids is 1. The Kier molecular flexibility index (Phi) is 6.35. The zero-order valence-electron chi connectivity index (χ0n) is 18.4. The van der Waals surface area contributed by atoms with E-state index in [0.29, 0.717) is 23.7 Å². The molecule has 7 nitrogen and oxygen atoms in total. The summed E-state index contributed by atoms with van der Waals surface area (Å²) in [6.07, 6.45) is 5.65. The Hall–Kier alpha value is -3.87. The molecular weight excluding hydrogens is 404 g/mol. The number of para-hydroxylation sites is 1. The number of benzene rings is 1. The van der Waals surface area contributed by atoms with Crippen LogP contribution in [0.5, 0.6) is 11.6 Å². The molecule has 1 N–H and O–H groups in total. The third-order valence-electron chi connectivity index (χ3n) is 4.84. The van der Waals surface area contributed by atoms with Gasteiger partial charge in [0, 0.05) is 31.2 Å². The number of imidazole rings is 1. The van der Waals surface area contributed by atoms with Gasteiger partial charge in [-0.15, -0.1) is 0 Å². The van der Waals surface area contributed by atoms with Crippen LogP contribution in [0.4, 0.5) is 0 Å². The molecule has 164 valence electrons. The van der Waals surface area contributed by atoms with Gasteiger partial charge in [-0.1, -0.05) is 24.3 Å². The number of aryl methyl sites for hydroxylation is 1. The topological polar surface area (TPSA) is 77.8 Å². The summed E-state index contributed by atoms with van der Waals surface area (Å²) >= 11 is 0. The lowest BCUT2D eigenvalue weighted by molar-refractivity contribution is 0.0946. The SMILES string of the molecule is Cc1cccn2cc(COc3ccccc3C(=O)NCc3ccc(OC(C)C)nc3)nc12. The monoisotopic (exact) mass is 430 g/mol. The summed E-state index contributed by atoms with van der Waals surface area (Å²) in [4.78, 5) is 21.7. The molecule has 3 heterocycles. The van der Waals surface area contributed by atoms with E-state index in [2.05, 4.69) is 15.3 Å². The Morgan fingerprint density at radius 2 is 1.97 bits per heavy atom. The summed E-state index contributed by atoms with van der Waals surface area (Å²) in [5.74, 6) is 0.863. The lowest BCUT2D eigenvalue weighted by atomic mass is 10.2. The van der Waals surface area contributed by atoms with Crippen molar-refractivity contribution in [3.63, 3.8) is 0 Å². The minimum Gasteiger partial charge on any atom is -0.486 e. The number of ether oxygens (including phenoxy) is 2. The van der Waals surface area contributed by atoms with Crippen molar-refractivity contribution in [2.75, 3.05) is 0 Å². The molecule has 7 heteroatoms. The zero-order chi connectivity index (χ0) is 22.5. The van der Waals surface area contributed by atoms with E-state index in [1.807, 2.05) is 67.9 Å². The predicted molar refractivity (Wildman–Crippen MR) is 122 cm³/mol. The summed E-state index contributed by atoms with van der Waals surface area (Å²) in [6.45, 7) is 6.55. The fourth-order valence-corrected chi connectivity index (χ4v) is 3.31. The Bertz CT molecular complexity index is 1220. The van der Waals surface area contributed by atoms with Crippen molar-refractivity contribution in [2.24, 2.45) is 0 Å². The van der Waals surface area contributed by atoms with E-state index in [1.54, 1.807) is 24.4 Å². The third kappa shape index (κ3) is 5.06. The molecule has 0 spiro atoms. The lowest BCUT2D eigenvalue weighted by Gasteiger charge is -2.12. The van der Waals surface area contributed by atoms with Crippen LogP contribution in [-0.2, 0) is 13.2 Å². The van der Waals surface area contributed by atoms with Crippen molar-refractivity contribution in [2.45, 2.75) is 40.0 Å². The average molecular weight is 431 g/mol. The van der Waals surface area contributed by atoms with E-state index >= 15 is 0 Å². The second kappa shape index (κ2) is 9.51. The molecule has 0 unspecified atom stereocenters. The van der Waals surface area contributed by atoms with Crippen LogP contribution in [0.25, 0.3) is 5.65 Å². The van der Waals surface area contributed by atoms with Crippen LogP contribution in [0.2, 0.25) is 0 Å². The van der Waals surface area contributed by atoms with Gasteiger partial charge in [0.2, 0.25) is 5.88 Å². The van der Waals surface area contributed by atoms with Gasteiger partial charge >= 0.3 is 0 Å². The Morgan fingerprint density at radius 3 is 2.72 bits per heavy atom. The van der Waals surface area contributed by atoms with Crippen LogP contribution < -0.4 is 14.8 Å². The lowest BCUT2D eigenvalue weighted by Crippen LogP contribution is -2.23. The first-order valence-electron chi connectivity index (χ1n) is 10.5. The summed E-state index contributed by atoms with van der Waals surface area (Å²) in [7, 11) is 0.